The lowest BCUT2D eigenvalue weighted by Crippen LogP contribution is -2.09. The number of hydrogen-bond acceptors (Lipinski definition) is 5. The molecule has 5 nitrogen and oxygen atoms in total. The molecule has 1 aromatic heterocycles. The van der Waals surface area contributed by atoms with Gasteiger partial charge in [-0.05, 0) is 24.3 Å². The van der Waals surface area contributed by atoms with Crippen molar-refractivity contribution < 1.29 is 9.59 Å². The Balaban J connectivity index is 1.67. The lowest BCUT2D eigenvalue weighted by atomic mass is 10.1. The van der Waals surface area contributed by atoms with Gasteiger partial charge in [0.1, 0.15) is 5.03 Å². The molecule has 1 heterocycles. The van der Waals surface area contributed by atoms with E-state index in [1.165, 1.54) is 11.8 Å². The van der Waals surface area contributed by atoms with Gasteiger partial charge in [0.25, 0.3) is 0 Å². The van der Waals surface area contributed by atoms with Crippen LogP contribution in [0, 0.1) is 0 Å². The summed E-state index contributed by atoms with van der Waals surface area (Å²) in [6.45, 7) is 1.79. The fourth-order valence-corrected chi connectivity index (χ4v) is 3.20. The first kappa shape index (κ1) is 17.1. The summed E-state index contributed by atoms with van der Waals surface area (Å²) >= 11 is 1.38. The molecule has 0 saturated carbocycles. The van der Waals surface area contributed by atoms with Crippen LogP contribution in [0.25, 0.3) is 10.8 Å². The number of amides is 1. The predicted molar refractivity (Wildman–Crippen MR) is 100.0 cm³/mol. The Morgan fingerprint density at radius 2 is 1.84 bits per heavy atom. The maximum absolute atomic E-state index is 12.4. The SMILES string of the molecule is CCC(=O)Nc1ccc(C(=O)CSc2nncc3ccccc23)cc1. The van der Waals surface area contributed by atoms with Gasteiger partial charge in [-0.3, -0.25) is 9.59 Å². The van der Waals surface area contributed by atoms with Crippen molar-refractivity contribution in [2.24, 2.45) is 0 Å². The Labute approximate surface area is 149 Å². The number of anilines is 1. The number of nitrogens with zero attached hydrogens (tertiary/aromatic N) is 2. The molecule has 3 rings (SSSR count). The summed E-state index contributed by atoms with van der Waals surface area (Å²) in [6, 6.07) is 14.8. The molecule has 0 spiro atoms. The fraction of sp³-hybridized carbons (Fsp3) is 0.158. The van der Waals surface area contributed by atoms with Crippen LogP contribution in [-0.4, -0.2) is 27.6 Å². The fourth-order valence-electron chi connectivity index (χ4n) is 2.31. The highest BCUT2D eigenvalue weighted by Crippen LogP contribution is 2.25. The van der Waals surface area contributed by atoms with E-state index in [1.54, 1.807) is 37.4 Å². The minimum absolute atomic E-state index is 0.00750. The highest BCUT2D eigenvalue weighted by molar-refractivity contribution is 8.00. The van der Waals surface area contributed by atoms with E-state index in [0.717, 1.165) is 15.8 Å². The van der Waals surface area contributed by atoms with Gasteiger partial charge in [-0.2, -0.15) is 5.10 Å². The average Bonchev–Trinajstić information content (AvgIpc) is 2.66. The summed E-state index contributed by atoms with van der Waals surface area (Å²) in [5.74, 6) is 0.237. The summed E-state index contributed by atoms with van der Waals surface area (Å²) in [5.41, 5.74) is 1.30. The number of aromatic nitrogens is 2. The Hall–Kier alpha value is -2.73. The number of carbonyl (C=O) groups is 2. The van der Waals surface area contributed by atoms with Crippen LogP contribution >= 0.6 is 11.8 Å². The molecule has 0 saturated heterocycles. The van der Waals surface area contributed by atoms with Crippen LogP contribution in [0.1, 0.15) is 23.7 Å². The molecule has 0 radical (unpaired) electrons. The first-order chi connectivity index (χ1) is 12.2. The molecular formula is C19H17N3O2S. The molecule has 25 heavy (non-hydrogen) atoms. The zero-order valence-electron chi connectivity index (χ0n) is 13.7. The summed E-state index contributed by atoms with van der Waals surface area (Å²) < 4.78 is 0. The van der Waals surface area contributed by atoms with Gasteiger partial charge in [0.15, 0.2) is 5.78 Å². The number of rotatable bonds is 6. The van der Waals surface area contributed by atoms with Crippen LogP contribution in [0.4, 0.5) is 5.69 Å². The number of carbonyl (C=O) groups excluding carboxylic acids is 2. The normalized spacial score (nSPS) is 10.6. The summed E-state index contributed by atoms with van der Waals surface area (Å²) in [7, 11) is 0. The van der Waals surface area contributed by atoms with E-state index in [0.29, 0.717) is 17.7 Å². The van der Waals surface area contributed by atoms with Crippen LogP contribution in [0.2, 0.25) is 0 Å². The van der Waals surface area contributed by atoms with Crippen molar-refractivity contribution in [1.82, 2.24) is 10.2 Å². The first-order valence-electron chi connectivity index (χ1n) is 7.93. The summed E-state index contributed by atoms with van der Waals surface area (Å²) in [6.07, 6.45) is 2.13. The Morgan fingerprint density at radius 1 is 1.08 bits per heavy atom. The highest BCUT2D eigenvalue weighted by Gasteiger charge is 2.10. The van der Waals surface area contributed by atoms with E-state index in [2.05, 4.69) is 15.5 Å². The number of nitrogens with one attached hydrogen (secondary N) is 1. The summed E-state index contributed by atoms with van der Waals surface area (Å²) in [5, 5.41) is 13.6. The highest BCUT2D eigenvalue weighted by atomic mass is 32.2. The van der Waals surface area contributed by atoms with Gasteiger partial charge in [-0.25, -0.2) is 0 Å². The second-order valence-electron chi connectivity index (χ2n) is 5.43. The lowest BCUT2D eigenvalue weighted by Gasteiger charge is -2.06. The Morgan fingerprint density at radius 3 is 2.60 bits per heavy atom. The molecule has 0 aliphatic carbocycles. The van der Waals surface area contributed by atoms with E-state index in [-0.39, 0.29) is 17.4 Å². The molecule has 0 unspecified atom stereocenters. The van der Waals surface area contributed by atoms with Crippen molar-refractivity contribution in [2.75, 3.05) is 11.1 Å². The number of thioether (sulfide) groups is 1. The van der Waals surface area contributed by atoms with Gasteiger partial charge in [-0.15, -0.1) is 5.10 Å². The second-order valence-corrected chi connectivity index (χ2v) is 6.39. The molecule has 126 valence electrons. The van der Waals surface area contributed by atoms with Crippen molar-refractivity contribution in [1.29, 1.82) is 0 Å². The molecule has 0 fully saturated rings. The van der Waals surface area contributed by atoms with Crippen LogP contribution in [0.3, 0.4) is 0 Å². The molecule has 0 aliphatic heterocycles. The number of benzene rings is 2. The van der Waals surface area contributed by atoms with Crippen LogP contribution in [-0.2, 0) is 4.79 Å². The molecule has 0 bridgehead atoms. The topological polar surface area (TPSA) is 72.0 Å². The van der Waals surface area contributed by atoms with E-state index in [9.17, 15) is 9.59 Å². The van der Waals surface area contributed by atoms with Crippen molar-refractivity contribution in [3.05, 3.63) is 60.3 Å². The second kappa shape index (κ2) is 7.90. The van der Waals surface area contributed by atoms with Gasteiger partial charge < -0.3 is 5.32 Å². The minimum atomic E-state index is -0.0517. The minimum Gasteiger partial charge on any atom is -0.326 e. The molecule has 0 atom stereocenters. The molecule has 1 N–H and O–H groups in total. The van der Waals surface area contributed by atoms with Gasteiger partial charge in [0.2, 0.25) is 5.91 Å². The molecule has 0 aliphatic rings. The molecular weight excluding hydrogens is 334 g/mol. The van der Waals surface area contributed by atoms with Crippen molar-refractivity contribution in [3.8, 4) is 0 Å². The van der Waals surface area contributed by atoms with Gasteiger partial charge in [0.05, 0.1) is 11.9 Å². The largest absolute Gasteiger partial charge is 0.326 e. The van der Waals surface area contributed by atoms with E-state index in [1.807, 2.05) is 24.3 Å². The third kappa shape index (κ3) is 4.22. The van der Waals surface area contributed by atoms with Crippen LogP contribution in [0.15, 0.2) is 59.8 Å². The maximum Gasteiger partial charge on any atom is 0.224 e. The summed E-state index contributed by atoms with van der Waals surface area (Å²) in [4.78, 5) is 23.8. The van der Waals surface area contributed by atoms with Crippen LogP contribution < -0.4 is 5.32 Å². The number of ketones is 1. The van der Waals surface area contributed by atoms with E-state index in [4.69, 9.17) is 0 Å². The maximum atomic E-state index is 12.4. The zero-order valence-corrected chi connectivity index (χ0v) is 14.5. The zero-order chi connectivity index (χ0) is 17.6. The molecule has 1 amide bonds. The van der Waals surface area contributed by atoms with Crippen molar-refractivity contribution >= 4 is 39.9 Å². The first-order valence-corrected chi connectivity index (χ1v) is 8.92. The standard InChI is InChI=1S/C19H17N3O2S/c1-2-18(24)21-15-9-7-13(8-10-15)17(23)12-25-19-16-6-4-3-5-14(16)11-20-22-19/h3-11H,2,12H2,1H3,(H,21,24). The molecule has 6 heteroatoms. The third-order valence-corrected chi connectivity index (χ3v) is 4.67. The van der Waals surface area contributed by atoms with Crippen molar-refractivity contribution in [3.63, 3.8) is 0 Å². The monoisotopic (exact) mass is 351 g/mol. The van der Waals surface area contributed by atoms with Crippen LogP contribution in [0.5, 0.6) is 0 Å². The third-order valence-electron chi connectivity index (χ3n) is 3.69. The number of hydrogen-bond donors (Lipinski definition) is 1. The van der Waals surface area contributed by atoms with Gasteiger partial charge >= 0.3 is 0 Å². The Kier molecular flexibility index (Phi) is 5.40. The van der Waals surface area contributed by atoms with Gasteiger partial charge in [0, 0.05) is 28.4 Å². The number of fused-ring (bicyclic) bond motifs is 1. The number of Topliss-reactive ketones (excluding diaryl/α,β-unsaturated/α-hetero) is 1. The van der Waals surface area contributed by atoms with E-state index < -0.39 is 0 Å². The molecule has 3 aromatic rings. The van der Waals surface area contributed by atoms with Gasteiger partial charge in [-0.1, -0.05) is 43.0 Å². The quantitative estimate of drug-likeness (QED) is 0.538. The van der Waals surface area contributed by atoms with E-state index >= 15 is 0 Å². The Bertz CT molecular complexity index is 905. The smallest absolute Gasteiger partial charge is 0.224 e. The lowest BCUT2D eigenvalue weighted by molar-refractivity contribution is -0.115. The molecule has 2 aromatic carbocycles. The average molecular weight is 351 g/mol. The van der Waals surface area contributed by atoms with Crippen molar-refractivity contribution in [2.45, 2.75) is 18.4 Å². The predicted octanol–water partition coefficient (Wildman–Crippen LogP) is 3.95.